The summed E-state index contributed by atoms with van der Waals surface area (Å²) in [7, 11) is 0. The summed E-state index contributed by atoms with van der Waals surface area (Å²) in [5.41, 5.74) is 0. The first-order valence-electron chi connectivity index (χ1n) is 15.1. The van der Waals surface area contributed by atoms with Crippen LogP contribution in [0.3, 0.4) is 0 Å². The molecule has 7 unspecified atom stereocenters. The van der Waals surface area contributed by atoms with E-state index < -0.39 is 24.7 Å². The molecule has 0 saturated heterocycles. The first-order chi connectivity index (χ1) is 16.9. The molecule has 5 heteroatoms. The van der Waals surface area contributed by atoms with E-state index in [1.54, 1.807) is 0 Å². The second-order valence-electron chi connectivity index (χ2n) is 12.6. The Morgan fingerprint density at radius 1 is 0.571 bits per heavy atom. The van der Waals surface area contributed by atoms with Gasteiger partial charge in [0.05, 0.1) is 12.7 Å². The summed E-state index contributed by atoms with van der Waals surface area (Å²) in [4.78, 5) is 0. The fraction of sp³-hybridized carbons (Fsp3) is 1.00. The SMILES string of the molecule is CCCC1CCC(C2CCC(COC3CCC(C4CCC(CC)C(F)C4F)CC3)C(F)[C@@H]2F)CC1. The number of rotatable bonds is 8. The summed E-state index contributed by atoms with van der Waals surface area (Å²) in [5.74, 6) is 0.619. The minimum absolute atomic E-state index is 0.0503. The van der Waals surface area contributed by atoms with Crippen LogP contribution in [0.15, 0.2) is 0 Å². The van der Waals surface area contributed by atoms with Gasteiger partial charge in [0.2, 0.25) is 0 Å². The average molecular weight is 503 g/mol. The third kappa shape index (κ3) is 6.58. The molecule has 35 heavy (non-hydrogen) atoms. The van der Waals surface area contributed by atoms with Crippen LogP contribution in [-0.4, -0.2) is 37.4 Å². The summed E-state index contributed by atoms with van der Waals surface area (Å²) in [6.07, 6.45) is 8.80. The zero-order valence-corrected chi connectivity index (χ0v) is 22.2. The Morgan fingerprint density at radius 2 is 1.09 bits per heavy atom. The van der Waals surface area contributed by atoms with E-state index in [0.29, 0.717) is 18.9 Å². The summed E-state index contributed by atoms with van der Waals surface area (Å²) < 4.78 is 65.6. The molecule has 0 aromatic rings. The highest BCUT2D eigenvalue weighted by Crippen LogP contribution is 2.46. The summed E-state index contributed by atoms with van der Waals surface area (Å²) in [6.45, 7) is 4.47. The van der Waals surface area contributed by atoms with Gasteiger partial charge in [-0.15, -0.1) is 0 Å². The fourth-order valence-corrected chi connectivity index (χ4v) is 8.29. The molecule has 0 heterocycles. The molecule has 0 aromatic heterocycles. The molecule has 4 aliphatic rings. The molecule has 1 nitrogen and oxygen atoms in total. The molecule has 0 bridgehead atoms. The average Bonchev–Trinajstić information content (AvgIpc) is 2.88. The van der Waals surface area contributed by atoms with Crippen molar-refractivity contribution in [2.24, 2.45) is 41.4 Å². The van der Waals surface area contributed by atoms with Gasteiger partial charge >= 0.3 is 0 Å². The third-order valence-electron chi connectivity index (χ3n) is 10.7. The monoisotopic (exact) mass is 502 g/mol. The van der Waals surface area contributed by atoms with Gasteiger partial charge in [-0.05, 0) is 99.7 Å². The van der Waals surface area contributed by atoms with E-state index in [2.05, 4.69) is 6.92 Å². The van der Waals surface area contributed by atoms with Crippen LogP contribution in [0.5, 0.6) is 0 Å². The van der Waals surface area contributed by atoms with Gasteiger partial charge in [0.15, 0.2) is 0 Å². The molecule has 8 atom stereocenters. The lowest BCUT2D eigenvalue weighted by atomic mass is 9.67. The van der Waals surface area contributed by atoms with Gasteiger partial charge in [0, 0.05) is 5.92 Å². The van der Waals surface area contributed by atoms with Crippen molar-refractivity contribution in [2.75, 3.05) is 6.61 Å². The van der Waals surface area contributed by atoms with Crippen molar-refractivity contribution in [1.29, 1.82) is 0 Å². The number of ether oxygens (including phenoxy) is 1. The quantitative estimate of drug-likeness (QED) is 0.301. The second kappa shape index (κ2) is 13.0. The van der Waals surface area contributed by atoms with Crippen LogP contribution in [0, 0.1) is 41.4 Å². The van der Waals surface area contributed by atoms with E-state index in [1.165, 1.54) is 25.7 Å². The summed E-state index contributed by atoms with van der Waals surface area (Å²) >= 11 is 0. The predicted octanol–water partition coefficient (Wildman–Crippen LogP) is 8.98. The largest absolute Gasteiger partial charge is 0.378 e. The topological polar surface area (TPSA) is 9.23 Å². The van der Waals surface area contributed by atoms with Crippen molar-refractivity contribution in [3.8, 4) is 0 Å². The molecule has 0 spiro atoms. The molecule has 204 valence electrons. The number of hydrogen-bond donors (Lipinski definition) is 0. The minimum Gasteiger partial charge on any atom is -0.378 e. The Morgan fingerprint density at radius 3 is 1.63 bits per heavy atom. The summed E-state index contributed by atoms with van der Waals surface area (Å²) in [6, 6.07) is 0. The maximum atomic E-state index is 15.2. The molecule has 4 rings (SSSR count). The van der Waals surface area contributed by atoms with Gasteiger partial charge in [0.1, 0.15) is 24.7 Å². The number of halogens is 4. The Bertz CT molecular complexity index is 615. The molecular formula is C30H50F4O. The van der Waals surface area contributed by atoms with Crippen LogP contribution in [0.2, 0.25) is 0 Å². The van der Waals surface area contributed by atoms with Gasteiger partial charge in [-0.3, -0.25) is 0 Å². The lowest BCUT2D eigenvalue weighted by Gasteiger charge is -2.42. The number of alkyl halides is 4. The normalized spacial score (nSPS) is 47.5. The van der Waals surface area contributed by atoms with Crippen LogP contribution in [0.25, 0.3) is 0 Å². The van der Waals surface area contributed by atoms with Crippen molar-refractivity contribution in [1.82, 2.24) is 0 Å². The van der Waals surface area contributed by atoms with Crippen molar-refractivity contribution < 1.29 is 22.3 Å². The Balaban J connectivity index is 1.17. The predicted molar refractivity (Wildman–Crippen MR) is 134 cm³/mol. The molecular weight excluding hydrogens is 452 g/mol. The van der Waals surface area contributed by atoms with E-state index in [-0.39, 0.29) is 35.7 Å². The highest BCUT2D eigenvalue weighted by molar-refractivity contribution is 4.94. The van der Waals surface area contributed by atoms with Crippen LogP contribution in [0.4, 0.5) is 17.6 Å². The van der Waals surface area contributed by atoms with Gasteiger partial charge in [-0.1, -0.05) is 46.0 Å². The van der Waals surface area contributed by atoms with Gasteiger partial charge < -0.3 is 4.74 Å². The standard InChI is InChI=1S/C30H50F4O/c1-3-5-19-6-8-21(9-7-19)26-17-13-23(28(32)30(26)34)18-35-24-14-10-22(11-15-24)25-16-12-20(4-2)27(31)29(25)33/h19-30H,3-18H2,1-2H3/t19?,20?,21?,22?,23?,24?,25?,26?,27?,28?,29?,30-/m1/s1. The molecule has 0 aromatic carbocycles. The highest BCUT2D eigenvalue weighted by Gasteiger charge is 2.45. The number of hydrogen-bond acceptors (Lipinski definition) is 1. The van der Waals surface area contributed by atoms with Crippen molar-refractivity contribution in [3.63, 3.8) is 0 Å². The van der Waals surface area contributed by atoms with Gasteiger partial charge in [0.25, 0.3) is 0 Å². The maximum absolute atomic E-state index is 15.2. The van der Waals surface area contributed by atoms with E-state index in [1.807, 2.05) is 6.92 Å². The van der Waals surface area contributed by atoms with E-state index in [4.69, 9.17) is 4.74 Å². The lowest BCUT2D eigenvalue weighted by Crippen LogP contribution is -2.44. The summed E-state index contributed by atoms with van der Waals surface area (Å²) in [5, 5.41) is 0. The Labute approximate surface area is 211 Å². The van der Waals surface area contributed by atoms with E-state index in [9.17, 15) is 8.78 Å². The zero-order chi connectivity index (χ0) is 24.9. The zero-order valence-electron chi connectivity index (χ0n) is 22.2. The third-order valence-corrected chi connectivity index (χ3v) is 10.7. The van der Waals surface area contributed by atoms with Crippen LogP contribution < -0.4 is 0 Å². The molecule has 4 aliphatic carbocycles. The van der Waals surface area contributed by atoms with Crippen LogP contribution >= 0.6 is 0 Å². The Hall–Kier alpha value is -0.320. The minimum atomic E-state index is -1.42. The first-order valence-corrected chi connectivity index (χ1v) is 15.1. The van der Waals surface area contributed by atoms with Crippen LogP contribution in [0.1, 0.15) is 110 Å². The van der Waals surface area contributed by atoms with Crippen molar-refractivity contribution >= 4 is 0 Å². The second-order valence-corrected chi connectivity index (χ2v) is 12.6. The van der Waals surface area contributed by atoms with Gasteiger partial charge in [-0.25, -0.2) is 17.6 Å². The van der Waals surface area contributed by atoms with E-state index >= 15 is 8.78 Å². The molecule has 4 fully saturated rings. The molecule has 0 radical (unpaired) electrons. The fourth-order valence-electron chi connectivity index (χ4n) is 8.29. The molecule has 0 amide bonds. The first kappa shape index (κ1) is 27.7. The lowest BCUT2D eigenvalue weighted by molar-refractivity contribution is -0.0716. The van der Waals surface area contributed by atoms with Crippen molar-refractivity contribution in [3.05, 3.63) is 0 Å². The smallest absolute Gasteiger partial charge is 0.136 e. The molecule has 0 N–H and O–H groups in total. The molecule has 4 saturated carbocycles. The Kier molecular flexibility index (Phi) is 10.3. The molecule has 0 aliphatic heterocycles. The highest BCUT2D eigenvalue weighted by atomic mass is 19.2. The van der Waals surface area contributed by atoms with E-state index in [0.717, 1.165) is 70.1 Å². The van der Waals surface area contributed by atoms with Crippen molar-refractivity contribution in [2.45, 2.75) is 141 Å². The van der Waals surface area contributed by atoms with Crippen LogP contribution in [-0.2, 0) is 4.74 Å². The maximum Gasteiger partial charge on any atom is 0.136 e. The van der Waals surface area contributed by atoms with Gasteiger partial charge in [-0.2, -0.15) is 0 Å².